The zero-order valence-corrected chi connectivity index (χ0v) is 13.7. The Kier molecular flexibility index (Phi) is 6.30. The predicted octanol–water partition coefficient (Wildman–Crippen LogP) is 4.36. The van der Waals surface area contributed by atoms with Crippen LogP contribution in [0.25, 0.3) is 0 Å². The van der Waals surface area contributed by atoms with Gasteiger partial charge < -0.3 is 4.74 Å². The summed E-state index contributed by atoms with van der Waals surface area (Å²) in [7, 11) is 1.51. The SMILES string of the molecule is COc1cccc(CN(CCBr)C2CCCCC2)c1F. The highest BCUT2D eigenvalue weighted by Gasteiger charge is 2.22. The molecule has 0 aliphatic heterocycles. The fraction of sp³-hybridized carbons (Fsp3) is 0.625. The van der Waals surface area contributed by atoms with Crippen molar-refractivity contribution in [1.29, 1.82) is 0 Å². The number of methoxy groups -OCH3 is 1. The first-order valence-electron chi connectivity index (χ1n) is 7.37. The number of hydrogen-bond donors (Lipinski definition) is 0. The Hall–Kier alpha value is -0.610. The van der Waals surface area contributed by atoms with E-state index in [0.717, 1.165) is 17.4 Å². The average Bonchev–Trinajstić information content (AvgIpc) is 2.49. The van der Waals surface area contributed by atoms with Gasteiger partial charge in [0.05, 0.1) is 7.11 Å². The molecule has 0 aromatic heterocycles. The number of rotatable bonds is 6. The van der Waals surface area contributed by atoms with Gasteiger partial charge >= 0.3 is 0 Å². The predicted molar refractivity (Wildman–Crippen MR) is 84.0 cm³/mol. The molecule has 0 bridgehead atoms. The van der Waals surface area contributed by atoms with Crippen molar-refractivity contribution in [2.75, 3.05) is 19.0 Å². The van der Waals surface area contributed by atoms with Crippen LogP contribution in [0.4, 0.5) is 4.39 Å². The third-order valence-corrected chi connectivity index (χ3v) is 4.45. The van der Waals surface area contributed by atoms with E-state index in [0.29, 0.717) is 18.3 Å². The van der Waals surface area contributed by atoms with Crippen LogP contribution in [0.1, 0.15) is 37.7 Å². The standard InChI is InChI=1S/C16H23BrFNO/c1-20-15-9-5-6-13(16(15)18)12-19(11-10-17)14-7-3-2-4-8-14/h5-6,9,14H,2-4,7-8,10-12H2,1H3. The monoisotopic (exact) mass is 343 g/mol. The molecule has 0 atom stereocenters. The van der Waals surface area contributed by atoms with E-state index in [2.05, 4.69) is 20.8 Å². The van der Waals surface area contributed by atoms with Crippen molar-refractivity contribution >= 4 is 15.9 Å². The summed E-state index contributed by atoms with van der Waals surface area (Å²) >= 11 is 3.52. The molecule has 4 heteroatoms. The minimum atomic E-state index is -0.217. The minimum Gasteiger partial charge on any atom is -0.494 e. The second-order valence-corrected chi connectivity index (χ2v) is 6.18. The van der Waals surface area contributed by atoms with Crippen molar-refractivity contribution in [2.24, 2.45) is 0 Å². The van der Waals surface area contributed by atoms with E-state index in [1.807, 2.05) is 12.1 Å². The van der Waals surface area contributed by atoms with Crippen LogP contribution in [0, 0.1) is 5.82 Å². The van der Waals surface area contributed by atoms with Gasteiger partial charge in [0.25, 0.3) is 0 Å². The van der Waals surface area contributed by atoms with Gasteiger partial charge in [0.1, 0.15) is 0 Å². The lowest BCUT2D eigenvalue weighted by Crippen LogP contribution is -2.37. The summed E-state index contributed by atoms with van der Waals surface area (Å²) in [6.07, 6.45) is 6.40. The first-order valence-corrected chi connectivity index (χ1v) is 8.49. The summed E-state index contributed by atoms with van der Waals surface area (Å²) in [5.74, 6) is 0.121. The molecular weight excluding hydrogens is 321 g/mol. The lowest BCUT2D eigenvalue weighted by atomic mass is 9.94. The Bertz CT molecular complexity index is 421. The average molecular weight is 344 g/mol. The summed E-state index contributed by atoms with van der Waals surface area (Å²) in [4.78, 5) is 2.41. The topological polar surface area (TPSA) is 12.5 Å². The first-order chi connectivity index (χ1) is 9.76. The highest BCUT2D eigenvalue weighted by atomic mass is 79.9. The van der Waals surface area contributed by atoms with E-state index >= 15 is 0 Å². The third kappa shape index (κ3) is 3.95. The van der Waals surface area contributed by atoms with E-state index in [4.69, 9.17) is 4.74 Å². The molecule has 1 aromatic carbocycles. The second-order valence-electron chi connectivity index (χ2n) is 5.38. The van der Waals surface area contributed by atoms with Gasteiger partial charge in [0.15, 0.2) is 11.6 Å². The maximum absolute atomic E-state index is 14.3. The van der Waals surface area contributed by atoms with Crippen LogP contribution in [0.5, 0.6) is 5.75 Å². The van der Waals surface area contributed by atoms with Gasteiger partial charge in [-0.25, -0.2) is 4.39 Å². The summed E-state index contributed by atoms with van der Waals surface area (Å²) in [6.45, 7) is 1.63. The molecule has 0 spiro atoms. The third-order valence-electron chi connectivity index (χ3n) is 4.10. The molecule has 112 valence electrons. The fourth-order valence-electron chi connectivity index (χ4n) is 3.00. The van der Waals surface area contributed by atoms with Gasteiger partial charge in [-0.05, 0) is 18.9 Å². The number of hydrogen-bond acceptors (Lipinski definition) is 2. The van der Waals surface area contributed by atoms with Crippen molar-refractivity contribution in [3.63, 3.8) is 0 Å². The number of ether oxygens (including phenoxy) is 1. The van der Waals surface area contributed by atoms with Crippen molar-refractivity contribution in [3.05, 3.63) is 29.6 Å². The Morgan fingerprint density at radius 1 is 1.30 bits per heavy atom. The van der Waals surface area contributed by atoms with E-state index in [-0.39, 0.29) is 5.82 Å². The van der Waals surface area contributed by atoms with Crippen LogP contribution in [0.15, 0.2) is 18.2 Å². The number of alkyl halides is 1. The molecule has 0 radical (unpaired) electrons. The minimum absolute atomic E-state index is 0.217. The lowest BCUT2D eigenvalue weighted by molar-refractivity contribution is 0.156. The summed E-state index contributed by atoms with van der Waals surface area (Å²) < 4.78 is 19.3. The number of halogens is 2. The molecule has 20 heavy (non-hydrogen) atoms. The molecule has 0 unspecified atom stereocenters. The lowest BCUT2D eigenvalue weighted by Gasteiger charge is -2.34. The maximum atomic E-state index is 14.3. The summed E-state index contributed by atoms with van der Waals surface area (Å²) in [5, 5.41) is 0.926. The fourth-order valence-corrected chi connectivity index (χ4v) is 3.46. The molecule has 1 aromatic rings. The molecule has 1 saturated carbocycles. The molecule has 0 heterocycles. The number of nitrogens with zero attached hydrogens (tertiary/aromatic N) is 1. The normalized spacial score (nSPS) is 16.6. The van der Waals surface area contributed by atoms with Gasteiger partial charge in [-0.1, -0.05) is 47.3 Å². The molecule has 0 saturated heterocycles. The van der Waals surface area contributed by atoms with Gasteiger partial charge in [-0.2, -0.15) is 0 Å². The zero-order valence-electron chi connectivity index (χ0n) is 12.1. The molecular formula is C16H23BrFNO. The summed E-state index contributed by atoms with van der Waals surface area (Å²) in [6, 6.07) is 5.99. The van der Waals surface area contributed by atoms with Crippen LogP contribution in [-0.2, 0) is 6.54 Å². The van der Waals surface area contributed by atoms with Crippen LogP contribution in [0.2, 0.25) is 0 Å². The quantitative estimate of drug-likeness (QED) is 0.711. The van der Waals surface area contributed by atoms with E-state index in [1.165, 1.54) is 39.2 Å². The molecule has 0 N–H and O–H groups in total. The van der Waals surface area contributed by atoms with Gasteiger partial charge in [0.2, 0.25) is 0 Å². The zero-order chi connectivity index (χ0) is 14.4. The Labute approximate surface area is 129 Å². The van der Waals surface area contributed by atoms with Crippen LogP contribution in [-0.4, -0.2) is 29.9 Å². The molecule has 1 aliphatic rings. The first kappa shape index (κ1) is 15.8. The Morgan fingerprint density at radius 2 is 2.05 bits per heavy atom. The smallest absolute Gasteiger partial charge is 0.169 e. The van der Waals surface area contributed by atoms with Crippen molar-refractivity contribution in [2.45, 2.75) is 44.7 Å². The van der Waals surface area contributed by atoms with Crippen LogP contribution >= 0.6 is 15.9 Å². The van der Waals surface area contributed by atoms with E-state index < -0.39 is 0 Å². The largest absolute Gasteiger partial charge is 0.494 e. The van der Waals surface area contributed by atoms with Gasteiger partial charge in [0, 0.05) is 30.0 Å². The van der Waals surface area contributed by atoms with Crippen LogP contribution in [0.3, 0.4) is 0 Å². The Morgan fingerprint density at radius 3 is 2.70 bits per heavy atom. The molecule has 2 nitrogen and oxygen atoms in total. The van der Waals surface area contributed by atoms with Crippen molar-refractivity contribution in [3.8, 4) is 5.75 Å². The van der Waals surface area contributed by atoms with E-state index in [1.54, 1.807) is 6.07 Å². The highest BCUT2D eigenvalue weighted by Crippen LogP contribution is 2.26. The van der Waals surface area contributed by atoms with Crippen molar-refractivity contribution < 1.29 is 9.13 Å². The highest BCUT2D eigenvalue weighted by molar-refractivity contribution is 9.09. The van der Waals surface area contributed by atoms with Crippen LogP contribution < -0.4 is 4.74 Å². The molecule has 0 amide bonds. The van der Waals surface area contributed by atoms with Gasteiger partial charge in [-0.3, -0.25) is 4.90 Å². The maximum Gasteiger partial charge on any atom is 0.169 e. The van der Waals surface area contributed by atoms with Gasteiger partial charge in [-0.15, -0.1) is 0 Å². The molecule has 1 aliphatic carbocycles. The second kappa shape index (κ2) is 7.99. The van der Waals surface area contributed by atoms with E-state index in [9.17, 15) is 4.39 Å². The Balaban J connectivity index is 2.10. The summed E-state index contributed by atoms with van der Waals surface area (Å²) in [5.41, 5.74) is 0.732. The molecule has 2 rings (SSSR count). The molecule has 1 fully saturated rings. The number of benzene rings is 1. The van der Waals surface area contributed by atoms with Crippen molar-refractivity contribution in [1.82, 2.24) is 4.90 Å².